The summed E-state index contributed by atoms with van der Waals surface area (Å²) in [6, 6.07) is -0.158. The fourth-order valence-corrected chi connectivity index (χ4v) is 2.28. The third-order valence-electron chi connectivity index (χ3n) is 3.47. The van der Waals surface area contributed by atoms with Gasteiger partial charge in [0.05, 0.1) is 0 Å². The lowest BCUT2D eigenvalue weighted by atomic mass is 9.93. The molecule has 2 unspecified atom stereocenters. The van der Waals surface area contributed by atoms with Gasteiger partial charge < -0.3 is 11.1 Å². The van der Waals surface area contributed by atoms with Crippen LogP contribution in [0.15, 0.2) is 0 Å². The number of primary amides is 1. The van der Waals surface area contributed by atoms with E-state index in [0.29, 0.717) is 5.92 Å². The normalized spacial score (nSPS) is 14.3. The lowest BCUT2D eigenvalue weighted by molar-refractivity contribution is 0.237. The van der Waals surface area contributed by atoms with Gasteiger partial charge in [-0.2, -0.15) is 0 Å². The predicted molar refractivity (Wildman–Crippen MR) is 74.0 cm³/mol. The zero-order valence-electron chi connectivity index (χ0n) is 11.8. The molecule has 3 nitrogen and oxygen atoms in total. The summed E-state index contributed by atoms with van der Waals surface area (Å²) < 4.78 is 0. The number of nitrogens with one attached hydrogen (secondary N) is 1. The predicted octanol–water partition coefficient (Wildman–Crippen LogP) is 3.82. The van der Waals surface area contributed by atoms with E-state index < -0.39 is 6.03 Å². The van der Waals surface area contributed by atoms with Gasteiger partial charge in [0.1, 0.15) is 0 Å². The molecule has 0 aromatic heterocycles. The molecular weight excluding hydrogens is 212 g/mol. The summed E-state index contributed by atoms with van der Waals surface area (Å²) in [5, 5.41) is 2.83. The highest BCUT2D eigenvalue weighted by atomic mass is 16.2. The summed E-state index contributed by atoms with van der Waals surface area (Å²) in [6.07, 6.45) is 10.1. The molecule has 3 N–H and O–H groups in total. The second-order valence-electron chi connectivity index (χ2n) is 5.06. The van der Waals surface area contributed by atoms with Crippen LogP contribution >= 0.6 is 0 Å². The number of urea groups is 1. The van der Waals surface area contributed by atoms with Crippen LogP contribution in [0.5, 0.6) is 0 Å². The lowest BCUT2D eigenvalue weighted by Gasteiger charge is -2.23. The summed E-state index contributed by atoms with van der Waals surface area (Å²) in [7, 11) is 0. The summed E-state index contributed by atoms with van der Waals surface area (Å²) in [5.41, 5.74) is 5.17. The number of carbonyl (C=O) groups excluding carboxylic acids is 1. The first kappa shape index (κ1) is 16.3. The van der Waals surface area contributed by atoms with Gasteiger partial charge in [0.25, 0.3) is 0 Å². The Hall–Kier alpha value is -0.730. The van der Waals surface area contributed by atoms with Crippen LogP contribution in [-0.2, 0) is 0 Å². The molecule has 0 aromatic carbocycles. The minimum absolute atomic E-state index is 0.239. The molecule has 0 fully saturated rings. The van der Waals surface area contributed by atoms with Gasteiger partial charge in [0.2, 0.25) is 0 Å². The van der Waals surface area contributed by atoms with Crippen LogP contribution in [0.4, 0.5) is 4.79 Å². The maximum Gasteiger partial charge on any atom is 0.312 e. The Morgan fingerprint density at radius 2 is 1.71 bits per heavy atom. The smallest absolute Gasteiger partial charge is 0.312 e. The van der Waals surface area contributed by atoms with Gasteiger partial charge in [-0.15, -0.1) is 0 Å². The van der Waals surface area contributed by atoms with Gasteiger partial charge in [0, 0.05) is 6.04 Å². The van der Waals surface area contributed by atoms with Crippen molar-refractivity contribution in [1.29, 1.82) is 0 Å². The topological polar surface area (TPSA) is 55.1 Å². The van der Waals surface area contributed by atoms with Crippen LogP contribution in [-0.4, -0.2) is 12.1 Å². The number of hydrogen-bond acceptors (Lipinski definition) is 1. The molecule has 0 aromatic rings. The average molecular weight is 242 g/mol. The number of amides is 2. The molecule has 0 heterocycles. The van der Waals surface area contributed by atoms with Crippen LogP contribution < -0.4 is 11.1 Å². The van der Waals surface area contributed by atoms with Crippen LogP contribution in [0.2, 0.25) is 0 Å². The average Bonchev–Trinajstić information content (AvgIpc) is 2.30. The zero-order chi connectivity index (χ0) is 13.1. The Bertz CT molecular complexity index is 195. The summed E-state index contributed by atoms with van der Waals surface area (Å²) in [5.74, 6) is 0.527. The van der Waals surface area contributed by atoms with Crippen molar-refractivity contribution in [3.05, 3.63) is 0 Å². The van der Waals surface area contributed by atoms with Crippen molar-refractivity contribution in [3.8, 4) is 0 Å². The Morgan fingerprint density at radius 3 is 2.24 bits per heavy atom. The van der Waals surface area contributed by atoms with E-state index in [1.165, 1.54) is 44.9 Å². The van der Waals surface area contributed by atoms with E-state index in [-0.39, 0.29) is 6.04 Å². The molecule has 102 valence electrons. The largest absolute Gasteiger partial charge is 0.352 e. The third kappa shape index (κ3) is 9.02. The van der Waals surface area contributed by atoms with E-state index in [1.807, 2.05) is 0 Å². The number of unbranched alkanes of at least 4 members (excludes halogenated alkanes) is 5. The van der Waals surface area contributed by atoms with E-state index in [0.717, 1.165) is 6.42 Å². The highest BCUT2D eigenvalue weighted by molar-refractivity contribution is 5.71. The second-order valence-corrected chi connectivity index (χ2v) is 5.06. The van der Waals surface area contributed by atoms with Crippen molar-refractivity contribution in [2.24, 2.45) is 11.7 Å². The summed E-state index contributed by atoms with van der Waals surface area (Å²) >= 11 is 0. The van der Waals surface area contributed by atoms with E-state index in [1.54, 1.807) is 0 Å². The Labute approximate surface area is 107 Å². The molecule has 0 saturated heterocycles. The molecule has 0 rings (SSSR count). The summed E-state index contributed by atoms with van der Waals surface area (Å²) in [4.78, 5) is 10.8. The first-order chi connectivity index (χ1) is 8.11. The number of carbonyl (C=O) groups is 1. The summed E-state index contributed by atoms with van der Waals surface area (Å²) in [6.45, 7) is 6.54. The number of hydrogen-bond donors (Lipinski definition) is 2. The first-order valence-electron chi connectivity index (χ1n) is 7.17. The van der Waals surface area contributed by atoms with Gasteiger partial charge >= 0.3 is 6.03 Å². The Balaban J connectivity index is 3.60. The monoisotopic (exact) mass is 242 g/mol. The molecule has 17 heavy (non-hydrogen) atoms. The first-order valence-corrected chi connectivity index (χ1v) is 7.17. The highest BCUT2D eigenvalue weighted by Gasteiger charge is 2.15. The van der Waals surface area contributed by atoms with E-state index in [2.05, 4.69) is 26.1 Å². The SMILES string of the molecule is CCCCCCCCC(C)C(CC)NC(N)=O. The molecule has 0 aliphatic carbocycles. The van der Waals surface area contributed by atoms with Crippen LogP contribution in [0.25, 0.3) is 0 Å². The van der Waals surface area contributed by atoms with E-state index >= 15 is 0 Å². The molecule has 2 atom stereocenters. The molecule has 2 amide bonds. The van der Waals surface area contributed by atoms with E-state index in [4.69, 9.17) is 5.73 Å². The van der Waals surface area contributed by atoms with Gasteiger partial charge in [-0.05, 0) is 18.8 Å². The minimum atomic E-state index is -0.397. The molecule has 0 aliphatic rings. The van der Waals surface area contributed by atoms with Crippen molar-refractivity contribution >= 4 is 6.03 Å². The van der Waals surface area contributed by atoms with Crippen LogP contribution in [0.1, 0.15) is 72.1 Å². The zero-order valence-corrected chi connectivity index (χ0v) is 11.8. The number of nitrogens with two attached hydrogens (primary N) is 1. The van der Waals surface area contributed by atoms with Crippen LogP contribution in [0, 0.1) is 5.92 Å². The van der Waals surface area contributed by atoms with Gasteiger partial charge in [-0.1, -0.05) is 59.3 Å². The Kier molecular flexibility index (Phi) is 9.98. The van der Waals surface area contributed by atoms with Crippen molar-refractivity contribution in [1.82, 2.24) is 5.32 Å². The molecule has 0 spiro atoms. The highest BCUT2D eigenvalue weighted by Crippen LogP contribution is 2.16. The maximum atomic E-state index is 10.8. The molecule has 0 radical (unpaired) electrons. The lowest BCUT2D eigenvalue weighted by Crippen LogP contribution is -2.42. The molecule has 3 heteroatoms. The molecule has 0 aliphatic heterocycles. The molecule has 0 saturated carbocycles. The van der Waals surface area contributed by atoms with E-state index in [9.17, 15) is 4.79 Å². The van der Waals surface area contributed by atoms with Crippen molar-refractivity contribution < 1.29 is 4.79 Å². The van der Waals surface area contributed by atoms with Crippen molar-refractivity contribution in [3.63, 3.8) is 0 Å². The van der Waals surface area contributed by atoms with Gasteiger partial charge in [-0.3, -0.25) is 0 Å². The molecule has 0 bridgehead atoms. The van der Waals surface area contributed by atoms with Crippen molar-refractivity contribution in [2.45, 2.75) is 78.2 Å². The second kappa shape index (κ2) is 10.4. The third-order valence-corrected chi connectivity index (χ3v) is 3.47. The quantitative estimate of drug-likeness (QED) is 0.562. The Morgan fingerprint density at radius 1 is 1.12 bits per heavy atom. The van der Waals surface area contributed by atoms with Crippen molar-refractivity contribution in [2.75, 3.05) is 0 Å². The fourth-order valence-electron chi connectivity index (χ4n) is 2.28. The van der Waals surface area contributed by atoms with Gasteiger partial charge in [0.15, 0.2) is 0 Å². The fraction of sp³-hybridized carbons (Fsp3) is 0.929. The van der Waals surface area contributed by atoms with Crippen LogP contribution in [0.3, 0.4) is 0 Å². The minimum Gasteiger partial charge on any atom is -0.352 e. The molecular formula is C14H30N2O. The maximum absolute atomic E-state index is 10.8. The van der Waals surface area contributed by atoms with Gasteiger partial charge in [-0.25, -0.2) is 4.79 Å². The standard InChI is InChI=1S/C14H30N2O/c1-4-6-7-8-9-10-11-12(3)13(5-2)16-14(15)17/h12-13H,4-11H2,1-3H3,(H3,15,16,17). The number of rotatable bonds is 10.